The van der Waals surface area contributed by atoms with E-state index in [1.807, 2.05) is 17.2 Å². The molecule has 21 heavy (non-hydrogen) atoms. The van der Waals surface area contributed by atoms with E-state index < -0.39 is 0 Å². The number of aliphatic imine (C=N–C) groups is 1. The number of rotatable bonds is 6. The number of carbonyl (C=O) groups excluding carboxylic acids is 1. The summed E-state index contributed by atoms with van der Waals surface area (Å²) in [5.41, 5.74) is -0.123. The molecule has 2 aliphatic heterocycles. The summed E-state index contributed by atoms with van der Waals surface area (Å²) in [5, 5.41) is 0. The Morgan fingerprint density at radius 1 is 1.33 bits per heavy atom. The summed E-state index contributed by atoms with van der Waals surface area (Å²) in [7, 11) is 0. The molecule has 2 aliphatic rings. The summed E-state index contributed by atoms with van der Waals surface area (Å²) in [6.07, 6.45) is 10.2. The van der Waals surface area contributed by atoms with Crippen molar-refractivity contribution >= 4 is 12.1 Å². The lowest BCUT2D eigenvalue weighted by Gasteiger charge is -2.40. The van der Waals surface area contributed by atoms with E-state index in [0.717, 1.165) is 32.6 Å². The molecule has 0 aromatic carbocycles. The molecule has 0 spiro atoms. The van der Waals surface area contributed by atoms with Gasteiger partial charge in [-0.05, 0) is 58.1 Å². The molecule has 0 aromatic heterocycles. The van der Waals surface area contributed by atoms with Crippen LogP contribution < -0.4 is 0 Å². The van der Waals surface area contributed by atoms with Crippen LogP contribution in [0.4, 0.5) is 0 Å². The van der Waals surface area contributed by atoms with E-state index in [9.17, 15) is 4.79 Å². The minimum absolute atomic E-state index is 0.123. The minimum Gasteiger partial charge on any atom is -0.343 e. The van der Waals surface area contributed by atoms with Crippen molar-refractivity contribution in [1.29, 1.82) is 0 Å². The van der Waals surface area contributed by atoms with Crippen LogP contribution in [0.25, 0.3) is 0 Å². The molecule has 1 fully saturated rings. The van der Waals surface area contributed by atoms with Crippen molar-refractivity contribution in [1.82, 2.24) is 9.80 Å². The molecule has 1 saturated heterocycles. The molecule has 0 bridgehead atoms. The van der Waals surface area contributed by atoms with Gasteiger partial charge in [-0.15, -0.1) is 0 Å². The number of likely N-dealkylation sites (tertiary alicyclic amines) is 1. The Labute approximate surface area is 128 Å². The van der Waals surface area contributed by atoms with Crippen LogP contribution >= 0.6 is 0 Å². The van der Waals surface area contributed by atoms with Gasteiger partial charge in [0.15, 0.2) is 0 Å². The highest BCUT2D eigenvalue weighted by molar-refractivity contribution is 5.76. The third-order valence-corrected chi connectivity index (χ3v) is 4.97. The highest BCUT2D eigenvalue weighted by Crippen LogP contribution is 2.29. The molecule has 4 heteroatoms. The number of carbonyl (C=O) groups is 1. The number of amides is 1. The van der Waals surface area contributed by atoms with E-state index in [1.54, 1.807) is 0 Å². The Kier molecular flexibility index (Phi) is 5.57. The van der Waals surface area contributed by atoms with Crippen molar-refractivity contribution in [3.63, 3.8) is 0 Å². The normalized spacial score (nSPS) is 26.4. The van der Waals surface area contributed by atoms with Gasteiger partial charge in [-0.1, -0.05) is 0 Å². The van der Waals surface area contributed by atoms with Gasteiger partial charge in [-0.2, -0.15) is 0 Å². The fourth-order valence-electron chi connectivity index (χ4n) is 3.39. The van der Waals surface area contributed by atoms with Crippen LogP contribution in [0, 0.1) is 5.92 Å². The number of allylic oxidation sites excluding steroid dienone is 1. The minimum atomic E-state index is -0.123. The Hall–Kier alpha value is -1.16. The van der Waals surface area contributed by atoms with E-state index >= 15 is 0 Å². The summed E-state index contributed by atoms with van der Waals surface area (Å²) in [6.45, 7) is 10.1. The van der Waals surface area contributed by atoms with Crippen LogP contribution in [0.5, 0.6) is 0 Å². The smallest absolute Gasteiger partial charge is 0.222 e. The van der Waals surface area contributed by atoms with Crippen LogP contribution in [0.3, 0.4) is 0 Å². The SMILES string of the molecule is CCN(CC)C(=O)CCC1CCN(C2(C)C=CC=N2)CC1. The first-order valence-electron chi connectivity index (χ1n) is 8.35. The van der Waals surface area contributed by atoms with Crippen LogP contribution in [0.15, 0.2) is 17.1 Å². The van der Waals surface area contributed by atoms with Crippen LogP contribution in [0.1, 0.15) is 46.5 Å². The quantitative estimate of drug-likeness (QED) is 0.754. The van der Waals surface area contributed by atoms with Crippen molar-refractivity contribution < 1.29 is 4.79 Å². The van der Waals surface area contributed by atoms with Crippen molar-refractivity contribution in [2.45, 2.75) is 52.1 Å². The zero-order valence-electron chi connectivity index (χ0n) is 13.7. The molecule has 0 aliphatic carbocycles. The molecule has 118 valence electrons. The highest BCUT2D eigenvalue weighted by atomic mass is 16.2. The fraction of sp³-hybridized carbons (Fsp3) is 0.765. The fourth-order valence-corrected chi connectivity index (χ4v) is 3.39. The van der Waals surface area contributed by atoms with Gasteiger partial charge in [-0.25, -0.2) is 0 Å². The maximum absolute atomic E-state index is 12.1. The van der Waals surface area contributed by atoms with Crippen molar-refractivity contribution in [2.24, 2.45) is 10.9 Å². The average Bonchev–Trinajstić information content (AvgIpc) is 2.95. The predicted molar refractivity (Wildman–Crippen MR) is 87.5 cm³/mol. The Bertz CT molecular complexity index is 392. The first-order valence-corrected chi connectivity index (χ1v) is 8.35. The Morgan fingerprint density at radius 3 is 2.52 bits per heavy atom. The second kappa shape index (κ2) is 7.21. The maximum atomic E-state index is 12.1. The monoisotopic (exact) mass is 291 g/mol. The van der Waals surface area contributed by atoms with E-state index in [2.05, 4.69) is 36.7 Å². The summed E-state index contributed by atoms with van der Waals surface area (Å²) in [6, 6.07) is 0. The van der Waals surface area contributed by atoms with Gasteiger partial charge >= 0.3 is 0 Å². The van der Waals surface area contributed by atoms with E-state index in [-0.39, 0.29) is 5.66 Å². The zero-order valence-corrected chi connectivity index (χ0v) is 13.7. The molecule has 1 atom stereocenters. The first-order chi connectivity index (χ1) is 10.1. The Balaban J connectivity index is 1.73. The maximum Gasteiger partial charge on any atom is 0.222 e. The molecule has 0 aromatic rings. The predicted octanol–water partition coefficient (Wildman–Crippen LogP) is 2.70. The molecule has 1 amide bonds. The topological polar surface area (TPSA) is 35.9 Å². The van der Waals surface area contributed by atoms with Crippen LogP contribution in [0.2, 0.25) is 0 Å². The lowest BCUT2D eigenvalue weighted by atomic mass is 9.90. The lowest BCUT2D eigenvalue weighted by molar-refractivity contribution is -0.131. The highest BCUT2D eigenvalue weighted by Gasteiger charge is 2.32. The molecule has 1 unspecified atom stereocenters. The number of nitrogens with zero attached hydrogens (tertiary/aromatic N) is 3. The van der Waals surface area contributed by atoms with Crippen LogP contribution in [-0.2, 0) is 4.79 Å². The van der Waals surface area contributed by atoms with Gasteiger partial charge in [0.05, 0.1) is 0 Å². The Morgan fingerprint density at radius 2 is 2.00 bits per heavy atom. The summed E-state index contributed by atoms with van der Waals surface area (Å²) in [4.78, 5) is 21.0. The standard InChI is InChI=1S/C17H29N3O/c1-4-19(5-2)16(21)8-7-15-9-13-20(14-10-15)17(3)11-6-12-18-17/h6,11-12,15H,4-5,7-10,13-14H2,1-3H3. The summed E-state index contributed by atoms with van der Waals surface area (Å²) < 4.78 is 0. The van der Waals surface area contributed by atoms with Gasteiger partial charge in [0.1, 0.15) is 5.66 Å². The van der Waals surface area contributed by atoms with Gasteiger partial charge in [-0.3, -0.25) is 14.7 Å². The summed E-state index contributed by atoms with van der Waals surface area (Å²) in [5.74, 6) is 1.01. The summed E-state index contributed by atoms with van der Waals surface area (Å²) >= 11 is 0. The van der Waals surface area contributed by atoms with Crippen molar-refractivity contribution in [2.75, 3.05) is 26.2 Å². The molecule has 4 nitrogen and oxygen atoms in total. The van der Waals surface area contributed by atoms with E-state index in [0.29, 0.717) is 18.2 Å². The van der Waals surface area contributed by atoms with Crippen molar-refractivity contribution in [3.8, 4) is 0 Å². The second-order valence-corrected chi connectivity index (χ2v) is 6.27. The van der Waals surface area contributed by atoms with E-state index in [1.165, 1.54) is 12.8 Å². The number of piperidine rings is 1. The van der Waals surface area contributed by atoms with Gasteiger partial charge < -0.3 is 4.90 Å². The second-order valence-electron chi connectivity index (χ2n) is 6.27. The molecule has 0 saturated carbocycles. The molecule has 2 heterocycles. The van der Waals surface area contributed by atoms with Gasteiger partial charge in [0.25, 0.3) is 0 Å². The third-order valence-electron chi connectivity index (χ3n) is 4.97. The largest absolute Gasteiger partial charge is 0.343 e. The van der Waals surface area contributed by atoms with Crippen molar-refractivity contribution in [3.05, 3.63) is 12.2 Å². The van der Waals surface area contributed by atoms with Gasteiger partial charge in [0.2, 0.25) is 5.91 Å². The molecule has 2 rings (SSSR count). The molecule has 0 N–H and O–H groups in total. The first kappa shape index (κ1) is 16.2. The number of hydrogen-bond acceptors (Lipinski definition) is 3. The number of hydrogen-bond donors (Lipinski definition) is 0. The third kappa shape index (κ3) is 3.94. The lowest BCUT2D eigenvalue weighted by Crippen LogP contribution is -2.47. The zero-order chi connectivity index (χ0) is 15.3. The average molecular weight is 291 g/mol. The molecular weight excluding hydrogens is 262 g/mol. The van der Waals surface area contributed by atoms with E-state index in [4.69, 9.17) is 0 Å². The molecular formula is C17H29N3O. The van der Waals surface area contributed by atoms with Crippen LogP contribution in [-0.4, -0.2) is 53.8 Å². The van der Waals surface area contributed by atoms with Gasteiger partial charge in [0, 0.05) is 38.8 Å². The molecule has 0 radical (unpaired) electrons.